The topological polar surface area (TPSA) is 64.6 Å². The van der Waals surface area contributed by atoms with Crippen LogP contribution in [0.25, 0.3) is 0 Å². The quantitative estimate of drug-likeness (QED) is 0.792. The van der Waals surface area contributed by atoms with Crippen LogP contribution in [0.5, 0.6) is 0 Å². The second kappa shape index (κ2) is 6.89. The van der Waals surface area contributed by atoms with Gasteiger partial charge in [-0.25, -0.2) is 4.79 Å². The first-order valence-corrected chi connectivity index (χ1v) is 6.92. The molecule has 0 aliphatic carbocycles. The molecule has 110 valence electrons. The van der Waals surface area contributed by atoms with Crippen molar-refractivity contribution in [2.24, 2.45) is 0 Å². The van der Waals surface area contributed by atoms with E-state index in [1.165, 1.54) is 0 Å². The van der Waals surface area contributed by atoms with Gasteiger partial charge in [0.15, 0.2) is 0 Å². The summed E-state index contributed by atoms with van der Waals surface area (Å²) in [4.78, 5) is 23.5. The standard InChI is InChI=1S/C14H25NO4/c1-10(13(17)19-14(2,3)4)15-12(16)9-11-7-5-6-8-18-11/h10-11H,5-9H2,1-4H3,(H,15,16)/t10-,11?/m1/s1. The van der Waals surface area contributed by atoms with Crippen LogP contribution < -0.4 is 5.32 Å². The van der Waals surface area contributed by atoms with Gasteiger partial charge >= 0.3 is 5.97 Å². The Hall–Kier alpha value is -1.10. The van der Waals surface area contributed by atoms with Crippen molar-refractivity contribution in [1.82, 2.24) is 5.32 Å². The molecule has 1 N–H and O–H groups in total. The summed E-state index contributed by atoms with van der Waals surface area (Å²) in [5.74, 6) is -0.573. The van der Waals surface area contributed by atoms with Gasteiger partial charge in [0, 0.05) is 6.61 Å². The molecule has 5 nitrogen and oxygen atoms in total. The molecule has 5 heteroatoms. The molecule has 0 aromatic carbocycles. The molecule has 2 atom stereocenters. The molecule has 0 bridgehead atoms. The van der Waals surface area contributed by atoms with Crippen LogP contribution in [0.15, 0.2) is 0 Å². The van der Waals surface area contributed by atoms with E-state index in [-0.39, 0.29) is 12.0 Å². The van der Waals surface area contributed by atoms with Gasteiger partial charge < -0.3 is 14.8 Å². The SMILES string of the molecule is C[C@@H](NC(=O)CC1CCCCO1)C(=O)OC(C)(C)C. The Morgan fingerprint density at radius 1 is 1.37 bits per heavy atom. The molecule has 1 unspecified atom stereocenters. The lowest BCUT2D eigenvalue weighted by Crippen LogP contribution is -2.43. The second-order valence-electron chi connectivity index (χ2n) is 6.02. The van der Waals surface area contributed by atoms with Gasteiger partial charge in [0.05, 0.1) is 12.5 Å². The van der Waals surface area contributed by atoms with Crippen molar-refractivity contribution < 1.29 is 19.1 Å². The summed E-state index contributed by atoms with van der Waals surface area (Å²) in [6, 6.07) is -0.629. The molecule has 0 saturated carbocycles. The van der Waals surface area contributed by atoms with Gasteiger partial charge in [0.1, 0.15) is 11.6 Å². The fourth-order valence-electron chi connectivity index (χ4n) is 1.92. The van der Waals surface area contributed by atoms with Crippen LogP contribution >= 0.6 is 0 Å². The van der Waals surface area contributed by atoms with Crippen LogP contribution in [0.2, 0.25) is 0 Å². The lowest BCUT2D eigenvalue weighted by Gasteiger charge is -2.24. The molecule has 1 aliphatic heterocycles. The lowest BCUT2D eigenvalue weighted by atomic mass is 10.1. The van der Waals surface area contributed by atoms with E-state index in [2.05, 4.69) is 5.32 Å². The minimum atomic E-state index is -0.629. The fourth-order valence-corrected chi connectivity index (χ4v) is 1.92. The Morgan fingerprint density at radius 3 is 2.58 bits per heavy atom. The monoisotopic (exact) mass is 271 g/mol. The number of esters is 1. The van der Waals surface area contributed by atoms with Crippen LogP contribution in [0.1, 0.15) is 53.4 Å². The lowest BCUT2D eigenvalue weighted by molar-refractivity contribution is -0.158. The molecule has 0 radical (unpaired) electrons. The Bertz CT molecular complexity index is 316. The maximum absolute atomic E-state index is 11.8. The first-order valence-electron chi connectivity index (χ1n) is 6.92. The largest absolute Gasteiger partial charge is 0.458 e. The molecule has 1 aliphatic rings. The normalized spacial score (nSPS) is 21.6. The average molecular weight is 271 g/mol. The summed E-state index contributed by atoms with van der Waals surface area (Å²) in [5, 5.41) is 2.66. The first kappa shape index (κ1) is 16.0. The number of ether oxygens (including phenoxy) is 2. The predicted molar refractivity (Wildman–Crippen MR) is 71.7 cm³/mol. The van der Waals surface area contributed by atoms with Gasteiger partial charge in [-0.1, -0.05) is 0 Å². The Labute approximate surface area is 115 Å². The molecular formula is C14H25NO4. The Kier molecular flexibility index (Phi) is 5.79. The maximum Gasteiger partial charge on any atom is 0.328 e. The zero-order valence-corrected chi connectivity index (χ0v) is 12.3. The van der Waals surface area contributed by atoms with E-state index >= 15 is 0 Å². The van der Waals surface area contributed by atoms with E-state index in [4.69, 9.17) is 9.47 Å². The molecule has 1 fully saturated rings. The number of hydrogen-bond acceptors (Lipinski definition) is 4. The van der Waals surface area contributed by atoms with Gasteiger partial charge in [-0.2, -0.15) is 0 Å². The Balaban J connectivity index is 2.32. The van der Waals surface area contributed by atoms with Crippen LogP contribution in [0, 0.1) is 0 Å². The third-order valence-electron chi connectivity index (χ3n) is 2.82. The molecule has 0 aromatic heterocycles. The number of carbonyl (C=O) groups is 2. The van der Waals surface area contributed by atoms with Crippen molar-refractivity contribution in [2.45, 2.75) is 71.1 Å². The molecule has 19 heavy (non-hydrogen) atoms. The zero-order chi connectivity index (χ0) is 14.5. The van der Waals surface area contributed by atoms with Gasteiger partial charge in [-0.3, -0.25) is 4.79 Å². The summed E-state index contributed by atoms with van der Waals surface area (Å²) in [7, 11) is 0. The van der Waals surface area contributed by atoms with Crippen LogP contribution in [-0.2, 0) is 19.1 Å². The van der Waals surface area contributed by atoms with Crippen molar-refractivity contribution >= 4 is 11.9 Å². The van der Waals surface area contributed by atoms with Crippen molar-refractivity contribution in [3.05, 3.63) is 0 Å². The van der Waals surface area contributed by atoms with E-state index < -0.39 is 17.6 Å². The molecule has 0 aromatic rings. The van der Waals surface area contributed by atoms with Gasteiger partial charge in [0.25, 0.3) is 0 Å². The van der Waals surface area contributed by atoms with E-state index in [9.17, 15) is 9.59 Å². The smallest absolute Gasteiger partial charge is 0.328 e. The van der Waals surface area contributed by atoms with E-state index in [1.54, 1.807) is 27.7 Å². The molecule has 0 spiro atoms. The predicted octanol–water partition coefficient (Wildman–Crippen LogP) is 1.79. The van der Waals surface area contributed by atoms with Crippen molar-refractivity contribution in [3.63, 3.8) is 0 Å². The van der Waals surface area contributed by atoms with Gasteiger partial charge in [0.2, 0.25) is 5.91 Å². The van der Waals surface area contributed by atoms with E-state index in [0.29, 0.717) is 6.42 Å². The molecule has 1 heterocycles. The number of hydrogen-bond donors (Lipinski definition) is 1. The third kappa shape index (κ3) is 6.57. The summed E-state index contributed by atoms with van der Waals surface area (Å²) in [6.45, 7) is 7.76. The first-order chi connectivity index (χ1) is 8.78. The zero-order valence-electron chi connectivity index (χ0n) is 12.3. The van der Waals surface area contributed by atoms with E-state index in [0.717, 1.165) is 25.9 Å². The summed E-state index contributed by atoms with van der Waals surface area (Å²) >= 11 is 0. The fraction of sp³-hybridized carbons (Fsp3) is 0.857. The summed E-state index contributed by atoms with van der Waals surface area (Å²) < 4.78 is 10.7. The Morgan fingerprint density at radius 2 is 2.05 bits per heavy atom. The molecule has 1 saturated heterocycles. The molecule has 1 amide bonds. The van der Waals surface area contributed by atoms with Crippen molar-refractivity contribution in [3.8, 4) is 0 Å². The minimum absolute atomic E-state index is 0.0143. The second-order valence-corrected chi connectivity index (χ2v) is 6.02. The van der Waals surface area contributed by atoms with E-state index in [1.807, 2.05) is 0 Å². The number of nitrogens with one attached hydrogen (secondary N) is 1. The highest BCUT2D eigenvalue weighted by Crippen LogP contribution is 2.15. The number of carbonyl (C=O) groups excluding carboxylic acids is 2. The minimum Gasteiger partial charge on any atom is -0.458 e. The molecular weight excluding hydrogens is 246 g/mol. The van der Waals surface area contributed by atoms with Crippen molar-refractivity contribution in [1.29, 1.82) is 0 Å². The maximum atomic E-state index is 11.8. The highest BCUT2D eigenvalue weighted by Gasteiger charge is 2.24. The van der Waals surface area contributed by atoms with Gasteiger partial charge in [-0.15, -0.1) is 0 Å². The van der Waals surface area contributed by atoms with Crippen molar-refractivity contribution in [2.75, 3.05) is 6.61 Å². The average Bonchev–Trinajstić information content (AvgIpc) is 2.27. The van der Waals surface area contributed by atoms with Crippen LogP contribution in [0.3, 0.4) is 0 Å². The van der Waals surface area contributed by atoms with Crippen LogP contribution in [-0.4, -0.2) is 36.2 Å². The summed E-state index contributed by atoms with van der Waals surface area (Å²) in [6.07, 6.45) is 3.37. The molecule has 1 rings (SSSR count). The van der Waals surface area contributed by atoms with Gasteiger partial charge in [-0.05, 0) is 47.0 Å². The van der Waals surface area contributed by atoms with Crippen LogP contribution in [0.4, 0.5) is 0 Å². The highest BCUT2D eigenvalue weighted by atomic mass is 16.6. The highest BCUT2D eigenvalue weighted by molar-refractivity contribution is 5.84. The summed E-state index contributed by atoms with van der Waals surface area (Å²) in [5.41, 5.74) is -0.539. The number of rotatable bonds is 4. The third-order valence-corrected chi connectivity index (χ3v) is 2.82. The number of amides is 1.